The third kappa shape index (κ3) is 4.60. The predicted octanol–water partition coefficient (Wildman–Crippen LogP) is 3.68. The first-order valence-corrected chi connectivity index (χ1v) is 15.7. The van der Waals surface area contributed by atoms with Crippen molar-refractivity contribution in [2.45, 2.75) is 128 Å². The summed E-state index contributed by atoms with van der Waals surface area (Å²) in [6.07, 6.45) is 6.35. The van der Waals surface area contributed by atoms with E-state index in [9.17, 15) is 19.8 Å². The van der Waals surface area contributed by atoms with E-state index >= 15 is 0 Å². The van der Waals surface area contributed by atoms with Crippen molar-refractivity contribution in [2.24, 2.45) is 34.5 Å². The quantitative estimate of drug-likeness (QED) is 0.373. The summed E-state index contributed by atoms with van der Waals surface area (Å²) in [4.78, 5) is 23.7. The fourth-order valence-corrected chi connectivity index (χ4v) is 10.4. The van der Waals surface area contributed by atoms with Crippen molar-refractivity contribution in [2.75, 3.05) is 13.7 Å². The molecule has 2 aliphatic heterocycles. The highest BCUT2D eigenvalue weighted by Crippen LogP contribution is 2.70. The molecule has 0 aromatic heterocycles. The minimum Gasteiger partial charge on any atom is -0.458 e. The molecule has 6 rings (SSSR count). The Morgan fingerprint density at radius 3 is 2.51 bits per heavy atom. The molecule has 2 N–H and O–H groups in total. The van der Waals surface area contributed by atoms with Crippen molar-refractivity contribution in [3.05, 3.63) is 11.6 Å². The van der Waals surface area contributed by atoms with E-state index in [2.05, 4.69) is 13.8 Å². The molecule has 0 aromatic rings. The number of methoxy groups -OCH3 is 1. The maximum atomic E-state index is 12.5. The summed E-state index contributed by atoms with van der Waals surface area (Å²) < 4.78 is 28.9. The van der Waals surface area contributed by atoms with E-state index in [-0.39, 0.29) is 34.7 Å². The van der Waals surface area contributed by atoms with Gasteiger partial charge in [0.15, 0.2) is 12.4 Å². The van der Waals surface area contributed by atoms with Crippen LogP contribution in [0.3, 0.4) is 0 Å². The zero-order chi connectivity index (χ0) is 29.3. The molecule has 230 valence electrons. The molecule has 9 heteroatoms. The lowest BCUT2D eigenvalue weighted by molar-refractivity contribution is -0.315. The maximum absolute atomic E-state index is 12.5. The number of fused-ring (bicyclic) bond motifs is 5. The summed E-state index contributed by atoms with van der Waals surface area (Å²) in [6, 6.07) is 0. The summed E-state index contributed by atoms with van der Waals surface area (Å²) in [5, 5.41) is 23.1. The first-order valence-electron chi connectivity index (χ1n) is 15.7. The average molecular weight is 577 g/mol. The van der Waals surface area contributed by atoms with E-state index in [1.54, 1.807) is 13.0 Å². The van der Waals surface area contributed by atoms with Crippen molar-refractivity contribution in [1.29, 1.82) is 0 Å². The monoisotopic (exact) mass is 576 g/mol. The fourth-order valence-electron chi connectivity index (χ4n) is 10.4. The van der Waals surface area contributed by atoms with Crippen LogP contribution in [0.15, 0.2) is 11.6 Å². The Hall–Kier alpha value is -1.52. The van der Waals surface area contributed by atoms with Crippen LogP contribution < -0.4 is 0 Å². The first kappa shape index (κ1) is 29.5. The topological polar surface area (TPSA) is 121 Å². The van der Waals surface area contributed by atoms with Crippen LogP contribution in [-0.4, -0.2) is 78.3 Å². The van der Waals surface area contributed by atoms with Crippen LogP contribution in [0, 0.1) is 34.5 Å². The Bertz CT molecular complexity index is 1080. The highest BCUT2D eigenvalue weighted by molar-refractivity contribution is 5.85. The number of ether oxygens (including phenoxy) is 5. The first-order chi connectivity index (χ1) is 19.4. The van der Waals surface area contributed by atoms with Crippen molar-refractivity contribution in [1.82, 2.24) is 0 Å². The SMILES string of the molecule is CO[C@@H]1[C@H](O)[C@H](C)O[C@@H](O[C@H]2CC[C@@]3(C)[C@@H](CC[C@H]4[C@H]3CC[C@]3(C)[C@H](C5=CC(=O)OC5)CC[C@]43O)C2)[C@@H]1OC(C)=O. The lowest BCUT2D eigenvalue weighted by Gasteiger charge is -2.64. The zero-order valence-corrected chi connectivity index (χ0v) is 25.2. The van der Waals surface area contributed by atoms with Crippen molar-refractivity contribution in [3.8, 4) is 0 Å². The maximum Gasteiger partial charge on any atom is 0.331 e. The lowest BCUT2D eigenvalue weighted by atomic mass is 9.43. The molecule has 0 amide bonds. The number of esters is 2. The molecule has 13 atom stereocenters. The van der Waals surface area contributed by atoms with Gasteiger partial charge in [-0.25, -0.2) is 4.79 Å². The minimum absolute atomic E-state index is 0.0488. The van der Waals surface area contributed by atoms with Crippen LogP contribution in [0.2, 0.25) is 0 Å². The number of carbonyl (C=O) groups excluding carboxylic acids is 2. The van der Waals surface area contributed by atoms with Crippen LogP contribution in [0.1, 0.15) is 85.5 Å². The van der Waals surface area contributed by atoms with Gasteiger partial charge >= 0.3 is 11.9 Å². The third-order valence-corrected chi connectivity index (χ3v) is 12.6. The molecule has 41 heavy (non-hydrogen) atoms. The normalized spacial score (nSPS) is 51.2. The van der Waals surface area contributed by atoms with E-state index < -0.39 is 42.3 Å². The van der Waals surface area contributed by atoms with E-state index in [1.165, 1.54) is 14.0 Å². The lowest BCUT2D eigenvalue weighted by Crippen LogP contribution is -2.63. The summed E-state index contributed by atoms with van der Waals surface area (Å²) in [7, 11) is 1.50. The van der Waals surface area contributed by atoms with Crippen LogP contribution in [0.25, 0.3) is 0 Å². The fraction of sp³-hybridized carbons (Fsp3) is 0.875. The summed E-state index contributed by atoms with van der Waals surface area (Å²) >= 11 is 0. The Balaban J connectivity index is 1.16. The summed E-state index contributed by atoms with van der Waals surface area (Å²) in [5.41, 5.74) is 0.221. The van der Waals surface area contributed by atoms with Gasteiger partial charge in [0.1, 0.15) is 18.8 Å². The number of hydrogen-bond donors (Lipinski definition) is 2. The summed E-state index contributed by atoms with van der Waals surface area (Å²) in [5.74, 6) is 0.650. The second-order valence-corrected chi connectivity index (χ2v) is 14.3. The molecule has 0 unspecified atom stereocenters. The van der Waals surface area contributed by atoms with E-state index in [4.69, 9.17) is 23.7 Å². The summed E-state index contributed by atoms with van der Waals surface area (Å²) in [6.45, 7) is 8.19. The van der Waals surface area contributed by atoms with Gasteiger partial charge < -0.3 is 33.9 Å². The van der Waals surface area contributed by atoms with Crippen LogP contribution in [0.4, 0.5) is 0 Å². The molecule has 6 aliphatic rings. The van der Waals surface area contributed by atoms with Crippen molar-refractivity contribution in [3.63, 3.8) is 0 Å². The Kier molecular flexibility index (Phi) is 7.62. The molecule has 2 heterocycles. The van der Waals surface area contributed by atoms with Gasteiger partial charge in [-0.2, -0.15) is 0 Å². The highest BCUT2D eigenvalue weighted by Gasteiger charge is 2.67. The molecule has 0 spiro atoms. The number of rotatable bonds is 5. The van der Waals surface area contributed by atoms with Gasteiger partial charge in [-0.1, -0.05) is 13.8 Å². The van der Waals surface area contributed by atoms with Crippen LogP contribution in [-0.2, 0) is 33.3 Å². The van der Waals surface area contributed by atoms with Crippen LogP contribution >= 0.6 is 0 Å². The largest absolute Gasteiger partial charge is 0.458 e. The van der Waals surface area contributed by atoms with Gasteiger partial charge in [-0.15, -0.1) is 0 Å². The van der Waals surface area contributed by atoms with Gasteiger partial charge in [0.2, 0.25) is 0 Å². The molecule has 5 fully saturated rings. The predicted molar refractivity (Wildman–Crippen MR) is 147 cm³/mol. The standard InChI is InChI=1S/C32H48O9/c1-17-26(35)27(37-5)28(40-18(2)33)29(39-17)41-21-8-11-30(3)20(15-21)6-7-24-23(30)9-12-31(4)22(10-13-32(24,31)36)19-14-25(34)38-16-19/h14,17,20-24,26-29,35-36H,6-13,15-16H2,1-5H3/t17-,20-,21-,22-,23+,24-,26+,27+,28+,29-,30-,31+,32-/m0/s1. The van der Waals surface area contributed by atoms with Gasteiger partial charge in [-0.05, 0) is 99.4 Å². The Labute approximate surface area is 243 Å². The third-order valence-electron chi connectivity index (χ3n) is 12.6. The number of hydrogen-bond acceptors (Lipinski definition) is 9. The van der Waals surface area contributed by atoms with Crippen molar-refractivity contribution < 1.29 is 43.5 Å². The second kappa shape index (κ2) is 10.6. The van der Waals surface area contributed by atoms with E-state index in [0.717, 1.165) is 63.4 Å². The molecule has 0 bridgehead atoms. The number of aliphatic hydroxyl groups is 2. The molecule has 9 nitrogen and oxygen atoms in total. The molecule has 0 radical (unpaired) electrons. The molecular weight excluding hydrogens is 528 g/mol. The van der Waals surface area contributed by atoms with E-state index in [1.807, 2.05) is 0 Å². The zero-order valence-electron chi connectivity index (χ0n) is 25.2. The van der Waals surface area contributed by atoms with Crippen LogP contribution in [0.5, 0.6) is 0 Å². The minimum atomic E-state index is -0.926. The van der Waals surface area contributed by atoms with Gasteiger partial charge in [0.05, 0.1) is 17.8 Å². The Morgan fingerprint density at radius 2 is 1.83 bits per heavy atom. The van der Waals surface area contributed by atoms with Gasteiger partial charge in [0.25, 0.3) is 0 Å². The van der Waals surface area contributed by atoms with Crippen molar-refractivity contribution >= 4 is 11.9 Å². The molecule has 4 aliphatic carbocycles. The highest BCUT2D eigenvalue weighted by atomic mass is 16.7. The smallest absolute Gasteiger partial charge is 0.331 e. The molecule has 0 aromatic carbocycles. The molecule has 4 saturated carbocycles. The number of carbonyl (C=O) groups is 2. The number of aliphatic hydroxyl groups excluding tert-OH is 1. The van der Waals surface area contributed by atoms with Gasteiger partial charge in [0, 0.05) is 25.5 Å². The molecular formula is C32H48O9. The van der Waals surface area contributed by atoms with E-state index in [0.29, 0.717) is 18.4 Å². The Morgan fingerprint density at radius 1 is 1.05 bits per heavy atom. The average Bonchev–Trinajstić information content (AvgIpc) is 3.46. The van der Waals surface area contributed by atoms with Gasteiger partial charge in [-0.3, -0.25) is 4.79 Å². The number of cyclic esters (lactones) is 1. The second-order valence-electron chi connectivity index (χ2n) is 14.3. The molecule has 1 saturated heterocycles.